The third kappa shape index (κ3) is 6.03. The number of nitrogens with zero attached hydrogens (tertiary/aromatic N) is 4. The number of aliphatic imine (C=N–C) groups is 1. The van der Waals surface area contributed by atoms with Gasteiger partial charge in [-0.25, -0.2) is 0 Å². The molecule has 2 heterocycles. The first-order valence-electron chi connectivity index (χ1n) is 10.7. The number of hydrogen-bond donors (Lipinski definition) is 2. The van der Waals surface area contributed by atoms with Crippen LogP contribution in [0.2, 0.25) is 0 Å². The van der Waals surface area contributed by atoms with Gasteiger partial charge in [-0.15, -0.1) is 24.0 Å². The van der Waals surface area contributed by atoms with E-state index < -0.39 is 0 Å². The molecule has 1 atom stereocenters. The normalized spacial score (nSPS) is 20.9. The van der Waals surface area contributed by atoms with E-state index >= 15 is 0 Å². The van der Waals surface area contributed by atoms with Crippen LogP contribution in [0.25, 0.3) is 0 Å². The summed E-state index contributed by atoms with van der Waals surface area (Å²) in [6, 6.07) is 0.304. The van der Waals surface area contributed by atoms with Crippen LogP contribution in [0.15, 0.2) is 4.99 Å². The van der Waals surface area contributed by atoms with Gasteiger partial charge in [-0.1, -0.05) is 12.8 Å². The van der Waals surface area contributed by atoms with Crippen molar-refractivity contribution in [1.82, 2.24) is 25.3 Å². The van der Waals surface area contributed by atoms with Gasteiger partial charge in [0.2, 0.25) is 0 Å². The van der Waals surface area contributed by atoms with E-state index in [4.69, 9.17) is 0 Å². The highest BCUT2D eigenvalue weighted by Gasteiger charge is 2.40. The maximum atomic E-state index is 4.55. The van der Waals surface area contributed by atoms with Gasteiger partial charge in [0.05, 0.1) is 5.69 Å². The molecule has 1 aromatic rings. The molecule has 1 aliphatic heterocycles. The van der Waals surface area contributed by atoms with Gasteiger partial charge in [0.1, 0.15) is 0 Å². The minimum absolute atomic E-state index is 0. The van der Waals surface area contributed by atoms with Gasteiger partial charge in [0.15, 0.2) is 5.96 Å². The predicted octanol–water partition coefficient (Wildman–Crippen LogP) is 3.11. The monoisotopic (exact) mass is 534 g/mol. The second-order valence-electron chi connectivity index (χ2n) is 8.48. The van der Waals surface area contributed by atoms with Gasteiger partial charge < -0.3 is 10.6 Å². The van der Waals surface area contributed by atoms with Crippen LogP contribution in [0.3, 0.4) is 0 Å². The fourth-order valence-electron chi connectivity index (χ4n) is 4.82. The number of thioether (sulfide) groups is 1. The zero-order valence-electron chi connectivity index (χ0n) is 18.8. The van der Waals surface area contributed by atoms with Crippen molar-refractivity contribution >= 4 is 41.7 Å². The lowest BCUT2D eigenvalue weighted by Crippen LogP contribution is -2.58. The standard InChI is InChI=1S/C21H38N6S.HI/c1-16(14-19-17(2)25-26(5)18(19)3)24-20(22-4)23-15-21(8-6-7-9-21)27-10-12-28-13-11-27;/h16H,6-15H2,1-5H3,(H2,22,23,24);1H. The molecule has 2 aliphatic rings. The summed E-state index contributed by atoms with van der Waals surface area (Å²) in [4.78, 5) is 7.26. The summed E-state index contributed by atoms with van der Waals surface area (Å²) in [5.41, 5.74) is 4.04. The van der Waals surface area contributed by atoms with Gasteiger partial charge in [0.25, 0.3) is 0 Å². The van der Waals surface area contributed by atoms with Crippen molar-refractivity contribution in [2.24, 2.45) is 12.0 Å². The molecule has 3 rings (SSSR count). The smallest absolute Gasteiger partial charge is 0.191 e. The number of aromatic nitrogens is 2. The van der Waals surface area contributed by atoms with Crippen LogP contribution in [0.1, 0.15) is 49.6 Å². The molecule has 0 aromatic carbocycles. The summed E-state index contributed by atoms with van der Waals surface area (Å²) in [6.45, 7) is 9.93. The molecule has 1 unspecified atom stereocenters. The number of halogens is 1. The fourth-order valence-corrected chi connectivity index (χ4v) is 5.73. The summed E-state index contributed by atoms with van der Waals surface area (Å²) in [6.07, 6.45) is 6.29. The Morgan fingerprint density at radius 2 is 1.90 bits per heavy atom. The Kier molecular flexibility index (Phi) is 9.60. The fraction of sp³-hybridized carbons (Fsp3) is 0.810. The maximum absolute atomic E-state index is 4.55. The zero-order chi connectivity index (χ0) is 20.1. The molecule has 0 amide bonds. The largest absolute Gasteiger partial charge is 0.355 e. The SMILES string of the molecule is CN=C(NCC1(N2CCSCC2)CCCC1)NC(C)Cc1c(C)nn(C)c1C.I. The second kappa shape index (κ2) is 11.2. The maximum Gasteiger partial charge on any atom is 0.191 e. The number of aryl methyl sites for hydroxylation is 2. The Bertz CT molecular complexity index is 677. The van der Waals surface area contributed by atoms with E-state index in [0.717, 1.165) is 24.6 Å². The van der Waals surface area contributed by atoms with Crippen LogP contribution in [0, 0.1) is 13.8 Å². The Hall–Kier alpha value is -0.480. The number of rotatable bonds is 6. The van der Waals surface area contributed by atoms with Gasteiger partial charge >= 0.3 is 0 Å². The topological polar surface area (TPSA) is 57.5 Å². The molecule has 29 heavy (non-hydrogen) atoms. The van der Waals surface area contributed by atoms with Crippen LogP contribution >= 0.6 is 35.7 Å². The molecule has 1 saturated carbocycles. The first kappa shape index (κ1) is 24.8. The van der Waals surface area contributed by atoms with Crippen LogP contribution in [-0.4, -0.2) is 70.4 Å². The summed E-state index contributed by atoms with van der Waals surface area (Å²) >= 11 is 2.09. The minimum atomic E-state index is 0. The third-order valence-electron chi connectivity index (χ3n) is 6.58. The lowest BCUT2D eigenvalue weighted by atomic mass is 9.94. The lowest BCUT2D eigenvalue weighted by molar-refractivity contribution is 0.107. The van der Waals surface area contributed by atoms with E-state index in [2.05, 4.69) is 58.2 Å². The van der Waals surface area contributed by atoms with Gasteiger partial charge in [-0.3, -0.25) is 14.6 Å². The molecular formula is C21H39IN6S. The summed E-state index contributed by atoms with van der Waals surface area (Å²) in [5.74, 6) is 3.47. The first-order valence-corrected chi connectivity index (χ1v) is 11.9. The Balaban J connectivity index is 0.00000300. The predicted molar refractivity (Wildman–Crippen MR) is 136 cm³/mol. The summed E-state index contributed by atoms with van der Waals surface area (Å²) in [5, 5.41) is 11.8. The van der Waals surface area contributed by atoms with Crippen LogP contribution in [0.4, 0.5) is 0 Å². The Morgan fingerprint density at radius 3 is 2.45 bits per heavy atom. The number of hydrogen-bond acceptors (Lipinski definition) is 4. The molecule has 8 heteroatoms. The van der Waals surface area contributed by atoms with Gasteiger partial charge in [-0.05, 0) is 45.6 Å². The quantitative estimate of drug-likeness (QED) is 0.334. The highest BCUT2D eigenvalue weighted by atomic mass is 127. The summed E-state index contributed by atoms with van der Waals surface area (Å²) in [7, 11) is 3.89. The van der Waals surface area contributed by atoms with E-state index in [-0.39, 0.29) is 24.0 Å². The van der Waals surface area contributed by atoms with Crippen LogP contribution in [-0.2, 0) is 13.5 Å². The van der Waals surface area contributed by atoms with Crippen molar-refractivity contribution in [3.05, 3.63) is 17.0 Å². The molecule has 1 aliphatic carbocycles. The molecule has 0 radical (unpaired) electrons. The molecule has 0 bridgehead atoms. The lowest BCUT2D eigenvalue weighted by Gasteiger charge is -2.43. The van der Waals surface area contributed by atoms with E-state index in [9.17, 15) is 0 Å². The first-order chi connectivity index (χ1) is 13.4. The van der Waals surface area contributed by atoms with Crippen molar-refractivity contribution in [3.63, 3.8) is 0 Å². The van der Waals surface area contributed by atoms with E-state index in [1.165, 1.54) is 61.5 Å². The molecule has 166 valence electrons. The van der Waals surface area contributed by atoms with Crippen LogP contribution in [0.5, 0.6) is 0 Å². The van der Waals surface area contributed by atoms with Crippen molar-refractivity contribution in [3.8, 4) is 0 Å². The summed E-state index contributed by atoms with van der Waals surface area (Å²) < 4.78 is 1.98. The number of nitrogens with one attached hydrogen (secondary N) is 2. The molecule has 1 saturated heterocycles. The third-order valence-corrected chi connectivity index (χ3v) is 7.52. The average Bonchev–Trinajstić information content (AvgIpc) is 3.27. The van der Waals surface area contributed by atoms with E-state index in [1.807, 2.05) is 18.8 Å². The van der Waals surface area contributed by atoms with Gasteiger partial charge in [0, 0.05) is 62.5 Å². The Morgan fingerprint density at radius 1 is 1.24 bits per heavy atom. The van der Waals surface area contributed by atoms with Crippen molar-refractivity contribution in [2.45, 2.75) is 64.5 Å². The minimum Gasteiger partial charge on any atom is -0.355 e. The van der Waals surface area contributed by atoms with E-state index in [0.29, 0.717) is 11.6 Å². The molecule has 2 N–H and O–H groups in total. The molecule has 1 aromatic heterocycles. The zero-order valence-corrected chi connectivity index (χ0v) is 21.9. The second-order valence-corrected chi connectivity index (χ2v) is 9.70. The van der Waals surface area contributed by atoms with Crippen molar-refractivity contribution in [1.29, 1.82) is 0 Å². The van der Waals surface area contributed by atoms with Crippen LogP contribution < -0.4 is 10.6 Å². The highest BCUT2D eigenvalue weighted by Crippen LogP contribution is 2.36. The molecule has 2 fully saturated rings. The molecule has 0 spiro atoms. The van der Waals surface area contributed by atoms with Gasteiger partial charge in [-0.2, -0.15) is 16.9 Å². The van der Waals surface area contributed by atoms with Crippen molar-refractivity contribution < 1.29 is 0 Å². The molecular weight excluding hydrogens is 495 g/mol. The van der Waals surface area contributed by atoms with Crippen molar-refractivity contribution in [2.75, 3.05) is 38.2 Å². The highest BCUT2D eigenvalue weighted by molar-refractivity contribution is 14.0. The van der Waals surface area contributed by atoms with E-state index in [1.54, 1.807) is 0 Å². The Labute approximate surface area is 198 Å². The number of guanidine groups is 1. The average molecular weight is 535 g/mol. The molecule has 6 nitrogen and oxygen atoms in total.